The number of anilines is 1. The number of carbonyl (C=O) groups is 1. The predicted octanol–water partition coefficient (Wildman–Crippen LogP) is 1.28. The first-order valence-corrected chi connectivity index (χ1v) is 4.76. The van der Waals surface area contributed by atoms with Crippen molar-refractivity contribution < 1.29 is 4.79 Å². The first-order chi connectivity index (χ1) is 6.77. The van der Waals surface area contributed by atoms with Crippen molar-refractivity contribution in [1.82, 2.24) is 9.99 Å². The molecule has 14 heavy (non-hydrogen) atoms. The van der Waals surface area contributed by atoms with Gasteiger partial charge in [0, 0.05) is 18.7 Å². The lowest BCUT2D eigenvalue weighted by Gasteiger charge is -2.17. The van der Waals surface area contributed by atoms with Crippen LogP contribution in [0.2, 0.25) is 0 Å². The molecule has 1 aromatic rings. The molecular weight excluding hydrogens is 178 g/mol. The van der Waals surface area contributed by atoms with E-state index in [1.165, 1.54) is 0 Å². The average molecular weight is 191 g/mol. The molecular formula is C10H13N3O. The van der Waals surface area contributed by atoms with Gasteiger partial charge in [0.2, 0.25) is 5.91 Å². The number of aromatic nitrogens is 1. The van der Waals surface area contributed by atoms with Crippen molar-refractivity contribution in [3.05, 3.63) is 24.4 Å². The lowest BCUT2D eigenvalue weighted by molar-refractivity contribution is -0.129. The highest BCUT2D eigenvalue weighted by atomic mass is 16.2. The van der Waals surface area contributed by atoms with Gasteiger partial charge in [0.15, 0.2) is 0 Å². The van der Waals surface area contributed by atoms with Gasteiger partial charge in [0.25, 0.3) is 0 Å². The van der Waals surface area contributed by atoms with E-state index in [4.69, 9.17) is 0 Å². The average Bonchev–Trinajstić information content (AvgIpc) is 2.52. The van der Waals surface area contributed by atoms with E-state index in [0.717, 1.165) is 18.8 Å². The molecule has 1 amide bonds. The van der Waals surface area contributed by atoms with Gasteiger partial charge in [-0.3, -0.25) is 15.2 Å². The third kappa shape index (κ3) is 1.69. The molecule has 1 N–H and O–H groups in total. The SMILES string of the molecule is CC1CCN(Nc2ccccn2)C1=O. The third-order valence-corrected chi connectivity index (χ3v) is 2.39. The van der Waals surface area contributed by atoms with Crippen molar-refractivity contribution in [2.75, 3.05) is 12.0 Å². The number of nitrogens with zero attached hydrogens (tertiary/aromatic N) is 2. The monoisotopic (exact) mass is 191 g/mol. The van der Waals surface area contributed by atoms with E-state index >= 15 is 0 Å². The van der Waals surface area contributed by atoms with Gasteiger partial charge < -0.3 is 0 Å². The summed E-state index contributed by atoms with van der Waals surface area (Å²) in [6.07, 6.45) is 2.62. The van der Waals surface area contributed by atoms with Gasteiger partial charge in [0.1, 0.15) is 5.82 Å². The Morgan fingerprint density at radius 1 is 1.57 bits per heavy atom. The van der Waals surface area contributed by atoms with E-state index in [1.807, 2.05) is 25.1 Å². The third-order valence-electron chi connectivity index (χ3n) is 2.39. The summed E-state index contributed by atoms with van der Waals surface area (Å²) in [6, 6.07) is 5.58. The predicted molar refractivity (Wildman–Crippen MR) is 53.4 cm³/mol. The van der Waals surface area contributed by atoms with Crippen LogP contribution in [0, 0.1) is 5.92 Å². The van der Waals surface area contributed by atoms with Gasteiger partial charge in [-0.2, -0.15) is 0 Å². The fourth-order valence-corrected chi connectivity index (χ4v) is 1.50. The van der Waals surface area contributed by atoms with Crippen molar-refractivity contribution in [1.29, 1.82) is 0 Å². The molecule has 1 atom stereocenters. The molecule has 1 aliphatic heterocycles. The van der Waals surface area contributed by atoms with Crippen LogP contribution in [0.15, 0.2) is 24.4 Å². The number of rotatable bonds is 2. The van der Waals surface area contributed by atoms with Crippen LogP contribution >= 0.6 is 0 Å². The summed E-state index contributed by atoms with van der Waals surface area (Å²) in [5.74, 6) is 0.997. The van der Waals surface area contributed by atoms with Crippen molar-refractivity contribution in [2.24, 2.45) is 5.92 Å². The van der Waals surface area contributed by atoms with E-state index in [1.54, 1.807) is 11.2 Å². The van der Waals surface area contributed by atoms with E-state index in [9.17, 15) is 4.79 Å². The Labute approximate surface area is 82.9 Å². The van der Waals surface area contributed by atoms with Crippen LogP contribution in [0.1, 0.15) is 13.3 Å². The second-order valence-corrected chi connectivity index (χ2v) is 3.51. The highest BCUT2D eigenvalue weighted by Crippen LogP contribution is 2.17. The van der Waals surface area contributed by atoms with E-state index < -0.39 is 0 Å². The smallest absolute Gasteiger partial charge is 0.243 e. The Hall–Kier alpha value is -1.58. The van der Waals surface area contributed by atoms with Crippen molar-refractivity contribution in [3.63, 3.8) is 0 Å². The maximum atomic E-state index is 11.5. The van der Waals surface area contributed by atoms with E-state index in [-0.39, 0.29) is 11.8 Å². The Bertz CT molecular complexity index is 325. The number of nitrogens with one attached hydrogen (secondary N) is 1. The minimum absolute atomic E-state index is 0.131. The molecule has 1 saturated heterocycles. The Kier molecular flexibility index (Phi) is 2.35. The minimum atomic E-state index is 0.131. The highest BCUT2D eigenvalue weighted by molar-refractivity contribution is 5.81. The molecule has 1 fully saturated rings. The molecule has 1 aromatic heterocycles. The maximum absolute atomic E-state index is 11.5. The molecule has 1 unspecified atom stereocenters. The number of carbonyl (C=O) groups excluding carboxylic acids is 1. The van der Waals surface area contributed by atoms with Crippen molar-refractivity contribution in [2.45, 2.75) is 13.3 Å². The van der Waals surface area contributed by atoms with Gasteiger partial charge in [-0.1, -0.05) is 13.0 Å². The molecule has 4 heteroatoms. The minimum Gasteiger partial charge on any atom is -0.279 e. The molecule has 0 aliphatic carbocycles. The Balaban J connectivity index is 2.02. The van der Waals surface area contributed by atoms with Crippen LogP contribution < -0.4 is 5.43 Å². The lowest BCUT2D eigenvalue weighted by atomic mass is 10.1. The van der Waals surface area contributed by atoms with Crippen LogP contribution in [0.4, 0.5) is 5.82 Å². The van der Waals surface area contributed by atoms with Crippen LogP contribution in [-0.2, 0) is 4.79 Å². The summed E-state index contributed by atoms with van der Waals surface area (Å²) >= 11 is 0. The second-order valence-electron chi connectivity index (χ2n) is 3.51. The van der Waals surface area contributed by atoms with Crippen LogP contribution in [0.3, 0.4) is 0 Å². The van der Waals surface area contributed by atoms with Gasteiger partial charge >= 0.3 is 0 Å². The van der Waals surface area contributed by atoms with Gasteiger partial charge in [0.05, 0.1) is 0 Å². The molecule has 2 heterocycles. The summed E-state index contributed by atoms with van der Waals surface area (Å²) in [5, 5.41) is 1.63. The molecule has 0 aromatic carbocycles. The highest BCUT2D eigenvalue weighted by Gasteiger charge is 2.27. The Morgan fingerprint density at radius 2 is 2.43 bits per heavy atom. The van der Waals surface area contributed by atoms with Crippen molar-refractivity contribution >= 4 is 11.7 Å². The van der Waals surface area contributed by atoms with Gasteiger partial charge in [-0.15, -0.1) is 0 Å². The van der Waals surface area contributed by atoms with E-state index in [2.05, 4.69) is 10.4 Å². The largest absolute Gasteiger partial charge is 0.279 e. The van der Waals surface area contributed by atoms with Gasteiger partial charge in [-0.25, -0.2) is 4.98 Å². The summed E-state index contributed by atoms with van der Waals surface area (Å²) < 4.78 is 0. The zero-order valence-corrected chi connectivity index (χ0v) is 8.10. The second kappa shape index (κ2) is 3.65. The topological polar surface area (TPSA) is 45.2 Å². The lowest BCUT2D eigenvalue weighted by Crippen LogP contribution is -2.32. The van der Waals surface area contributed by atoms with Crippen molar-refractivity contribution in [3.8, 4) is 0 Å². The fourth-order valence-electron chi connectivity index (χ4n) is 1.50. The zero-order chi connectivity index (χ0) is 9.97. The van der Waals surface area contributed by atoms with Gasteiger partial charge in [-0.05, 0) is 18.6 Å². The molecule has 74 valence electrons. The summed E-state index contributed by atoms with van der Waals surface area (Å²) in [4.78, 5) is 15.6. The number of hydrazine groups is 1. The summed E-state index contributed by atoms with van der Waals surface area (Å²) in [5.41, 5.74) is 2.99. The zero-order valence-electron chi connectivity index (χ0n) is 8.10. The molecule has 1 aliphatic rings. The number of hydrogen-bond acceptors (Lipinski definition) is 3. The molecule has 0 radical (unpaired) electrons. The van der Waals surface area contributed by atoms with Crippen LogP contribution in [-0.4, -0.2) is 22.4 Å². The maximum Gasteiger partial charge on any atom is 0.243 e. The van der Waals surface area contributed by atoms with Crippen LogP contribution in [0.5, 0.6) is 0 Å². The quantitative estimate of drug-likeness (QED) is 0.765. The fraction of sp³-hybridized carbons (Fsp3) is 0.400. The van der Waals surface area contributed by atoms with E-state index in [0.29, 0.717) is 0 Å². The number of pyridine rings is 1. The number of hydrogen-bond donors (Lipinski definition) is 1. The summed E-state index contributed by atoms with van der Waals surface area (Å²) in [6.45, 7) is 2.71. The summed E-state index contributed by atoms with van der Waals surface area (Å²) in [7, 11) is 0. The standard InChI is InChI=1S/C10H13N3O/c1-8-5-7-13(10(8)14)12-9-4-2-3-6-11-9/h2-4,6,8H,5,7H2,1H3,(H,11,12). The molecule has 2 rings (SSSR count). The molecule has 0 saturated carbocycles. The molecule has 0 bridgehead atoms. The number of amides is 1. The Morgan fingerprint density at radius 3 is 3.00 bits per heavy atom. The normalized spacial score (nSPS) is 21.4. The first kappa shape index (κ1) is 8.99. The first-order valence-electron chi connectivity index (χ1n) is 4.76. The molecule has 0 spiro atoms. The molecule has 4 nitrogen and oxygen atoms in total. The van der Waals surface area contributed by atoms with Crippen LogP contribution in [0.25, 0.3) is 0 Å².